The first kappa shape index (κ1) is 15.3. The molecule has 1 fully saturated rings. The molecular formula is C14H23N3O2S. The molecule has 0 aliphatic carbocycles. The molecule has 112 valence electrons. The highest BCUT2D eigenvalue weighted by Crippen LogP contribution is 2.20. The molecule has 0 amide bonds. The van der Waals surface area contributed by atoms with E-state index in [1.807, 2.05) is 6.07 Å². The van der Waals surface area contributed by atoms with Crippen LogP contribution in [0.4, 0.5) is 5.69 Å². The lowest BCUT2D eigenvalue weighted by atomic mass is 10.1. The Morgan fingerprint density at radius 3 is 2.55 bits per heavy atom. The number of piperidine rings is 1. The second-order valence-corrected chi connectivity index (χ2v) is 6.89. The fourth-order valence-electron chi connectivity index (χ4n) is 2.49. The van der Waals surface area contributed by atoms with Gasteiger partial charge in [0.15, 0.2) is 0 Å². The van der Waals surface area contributed by atoms with Crippen molar-refractivity contribution in [2.75, 3.05) is 38.5 Å². The van der Waals surface area contributed by atoms with Crippen molar-refractivity contribution in [3.63, 3.8) is 0 Å². The van der Waals surface area contributed by atoms with E-state index in [9.17, 15) is 8.42 Å². The molecule has 0 saturated carbocycles. The number of para-hydroxylation sites is 1. The summed E-state index contributed by atoms with van der Waals surface area (Å²) in [6.07, 6.45) is 3.86. The molecule has 0 bridgehead atoms. The van der Waals surface area contributed by atoms with Gasteiger partial charge in [-0.1, -0.05) is 18.6 Å². The molecule has 0 aromatic heterocycles. The Labute approximate surface area is 121 Å². The van der Waals surface area contributed by atoms with Crippen LogP contribution >= 0.6 is 0 Å². The number of rotatable bonds is 6. The number of sulfonamides is 1. The van der Waals surface area contributed by atoms with Crippen LogP contribution in [0.1, 0.15) is 19.3 Å². The normalized spacial score (nSPS) is 17.1. The van der Waals surface area contributed by atoms with Gasteiger partial charge in [0.25, 0.3) is 0 Å². The van der Waals surface area contributed by atoms with Gasteiger partial charge in [0.2, 0.25) is 10.0 Å². The van der Waals surface area contributed by atoms with Gasteiger partial charge in [-0.3, -0.25) is 0 Å². The Morgan fingerprint density at radius 1 is 1.15 bits per heavy atom. The molecule has 0 spiro atoms. The van der Waals surface area contributed by atoms with Crippen molar-refractivity contribution in [2.24, 2.45) is 0 Å². The first-order valence-corrected chi connectivity index (χ1v) is 8.60. The summed E-state index contributed by atoms with van der Waals surface area (Å²) >= 11 is 0. The minimum absolute atomic E-state index is 0.307. The lowest BCUT2D eigenvalue weighted by Crippen LogP contribution is -2.34. The van der Waals surface area contributed by atoms with Crippen molar-refractivity contribution in [3.05, 3.63) is 24.3 Å². The SMILES string of the molecule is CNS(=O)(=O)c1ccccc1NCCN1CCCCC1. The maximum Gasteiger partial charge on any atom is 0.242 e. The van der Waals surface area contributed by atoms with Gasteiger partial charge in [0.05, 0.1) is 5.69 Å². The summed E-state index contributed by atoms with van der Waals surface area (Å²) in [5, 5.41) is 3.24. The summed E-state index contributed by atoms with van der Waals surface area (Å²) in [6, 6.07) is 7.01. The van der Waals surface area contributed by atoms with Crippen molar-refractivity contribution in [1.82, 2.24) is 9.62 Å². The first-order chi connectivity index (χ1) is 9.63. The highest BCUT2D eigenvalue weighted by Gasteiger charge is 2.16. The average Bonchev–Trinajstić information content (AvgIpc) is 2.49. The maximum absolute atomic E-state index is 11.9. The van der Waals surface area contributed by atoms with E-state index in [4.69, 9.17) is 0 Å². The minimum Gasteiger partial charge on any atom is -0.383 e. The quantitative estimate of drug-likeness (QED) is 0.835. The fraction of sp³-hybridized carbons (Fsp3) is 0.571. The molecule has 20 heavy (non-hydrogen) atoms. The van der Waals surface area contributed by atoms with E-state index in [2.05, 4.69) is 14.9 Å². The molecule has 1 aliphatic heterocycles. The predicted molar refractivity (Wildman–Crippen MR) is 81.5 cm³/mol. The van der Waals surface area contributed by atoms with Gasteiger partial charge in [-0.15, -0.1) is 0 Å². The van der Waals surface area contributed by atoms with Crippen LogP contribution in [0.15, 0.2) is 29.2 Å². The summed E-state index contributed by atoms with van der Waals surface area (Å²) in [7, 11) is -1.98. The molecule has 0 atom stereocenters. The van der Waals surface area contributed by atoms with Crippen LogP contribution in [0.3, 0.4) is 0 Å². The summed E-state index contributed by atoms with van der Waals surface area (Å²) in [6.45, 7) is 4.01. The topological polar surface area (TPSA) is 61.4 Å². The van der Waals surface area contributed by atoms with Crippen LogP contribution in [-0.4, -0.2) is 46.5 Å². The van der Waals surface area contributed by atoms with Gasteiger partial charge in [-0.05, 0) is 45.1 Å². The molecule has 1 heterocycles. The highest BCUT2D eigenvalue weighted by atomic mass is 32.2. The number of hydrogen-bond acceptors (Lipinski definition) is 4. The van der Waals surface area contributed by atoms with Crippen molar-refractivity contribution >= 4 is 15.7 Å². The molecule has 6 heteroatoms. The van der Waals surface area contributed by atoms with Crippen LogP contribution in [0.5, 0.6) is 0 Å². The zero-order chi connectivity index (χ0) is 14.4. The smallest absolute Gasteiger partial charge is 0.242 e. The number of nitrogens with zero attached hydrogens (tertiary/aromatic N) is 1. The van der Waals surface area contributed by atoms with Crippen molar-refractivity contribution < 1.29 is 8.42 Å². The van der Waals surface area contributed by atoms with Gasteiger partial charge in [-0.25, -0.2) is 13.1 Å². The molecule has 5 nitrogen and oxygen atoms in total. The summed E-state index contributed by atoms with van der Waals surface area (Å²) in [4.78, 5) is 2.73. The Balaban J connectivity index is 1.95. The van der Waals surface area contributed by atoms with E-state index in [1.165, 1.54) is 26.3 Å². The number of hydrogen-bond donors (Lipinski definition) is 2. The summed E-state index contributed by atoms with van der Waals surface area (Å²) < 4.78 is 26.2. The molecule has 1 aromatic carbocycles. The minimum atomic E-state index is -3.41. The third-order valence-corrected chi connectivity index (χ3v) is 5.11. The van der Waals surface area contributed by atoms with Crippen LogP contribution in [-0.2, 0) is 10.0 Å². The maximum atomic E-state index is 11.9. The Bertz CT molecular complexity index is 525. The second kappa shape index (κ2) is 7.06. The van der Waals surface area contributed by atoms with Gasteiger partial charge in [0.1, 0.15) is 4.90 Å². The first-order valence-electron chi connectivity index (χ1n) is 7.12. The molecule has 1 aromatic rings. The Hall–Kier alpha value is -1.11. The van der Waals surface area contributed by atoms with E-state index in [1.54, 1.807) is 18.2 Å². The van der Waals surface area contributed by atoms with Gasteiger partial charge < -0.3 is 10.2 Å². The Morgan fingerprint density at radius 2 is 1.85 bits per heavy atom. The summed E-state index contributed by atoms with van der Waals surface area (Å²) in [5.41, 5.74) is 0.666. The number of anilines is 1. The lowest BCUT2D eigenvalue weighted by Gasteiger charge is -2.26. The third-order valence-electron chi connectivity index (χ3n) is 3.64. The fourth-order valence-corrected chi connectivity index (χ4v) is 3.40. The standard InChI is InChI=1S/C14H23N3O2S/c1-15-20(18,19)14-8-4-3-7-13(14)16-9-12-17-10-5-2-6-11-17/h3-4,7-8,15-16H,2,5-6,9-12H2,1H3. The van der Waals surface area contributed by atoms with E-state index in [-0.39, 0.29) is 0 Å². The van der Waals surface area contributed by atoms with E-state index >= 15 is 0 Å². The van der Waals surface area contributed by atoms with Gasteiger partial charge >= 0.3 is 0 Å². The van der Waals surface area contributed by atoms with Crippen LogP contribution in [0, 0.1) is 0 Å². The molecule has 0 radical (unpaired) electrons. The average molecular weight is 297 g/mol. The van der Waals surface area contributed by atoms with Crippen molar-refractivity contribution in [1.29, 1.82) is 0 Å². The molecule has 1 aliphatic rings. The highest BCUT2D eigenvalue weighted by molar-refractivity contribution is 7.89. The molecule has 2 N–H and O–H groups in total. The van der Waals surface area contributed by atoms with E-state index in [0.29, 0.717) is 10.6 Å². The van der Waals surface area contributed by atoms with E-state index < -0.39 is 10.0 Å². The largest absolute Gasteiger partial charge is 0.383 e. The predicted octanol–water partition coefficient (Wildman–Crippen LogP) is 1.49. The monoisotopic (exact) mass is 297 g/mol. The zero-order valence-electron chi connectivity index (χ0n) is 11.9. The van der Waals surface area contributed by atoms with Crippen LogP contribution in [0.25, 0.3) is 0 Å². The van der Waals surface area contributed by atoms with Crippen LogP contribution < -0.4 is 10.0 Å². The lowest BCUT2D eigenvalue weighted by molar-refractivity contribution is 0.237. The van der Waals surface area contributed by atoms with E-state index in [0.717, 1.165) is 26.2 Å². The third kappa shape index (κ3) is 3.94. The second-order valence-electron chi connectivity index (χ2n) is 5.03. The molecule has 1 saturated heterocycles. The number of likely N-dealkylation sites (tertiary alicyclic amines) is 1. The zero-order valence-corrected chi connectivity index (χ0v) is 12.7. The number of nitrogens with one attached hydrogen (secondary N) is 2. The summed E-state index contributed by atoms with van der Waals surface area (Å²) in [5.74, 6) is 0. The van der Waals surface area contributed by atoms with Crippen molar-refractivity contribution in [2.45, 2.75) is 24.2 Å². The molecular weight excluding hydrogens is 274 g/mol. The van der Waals surface area contributed by atoms with Gasteiger partial charge in [-0.2, -0.15) is 0 Å². The Kier molecular flexibility index (Phi) is 5.39. The van der Waals surface area contributed by atoms with Gasteiger partial charge in [0, 0.05) is 13.1 Å². The van der Waals surface area contributed by atoms with Crippen molar-refractivity contribution in [3.8, 4) is 0 Å². The molecule has 2 rings (SSSR count). The number of benzene rings is 1. The molecule has 0 unspecified atom stereocenters. The van der Waals surface area contributed by atoms with Crippen LogP contribution in [0.2, 0.25) is 0 Å².